The van der Waals surface area contributed by atoms with Crippen molar-refractivity contribution in [3.63, 3.8) is 0 Å². The zero-order valence-electron chi connectivity index (χ0n) is 13.1. The van der Waals surface area contributed by atoms with Crippen LogP contribution in [0.15, 0.2) is 0 Å². The standard InChI is InChI=1S/C15H30N2O2/c1-6-11(7-2)16-12-9-8-10-13(12)17-14(18)19-15(3,4)5/h11-13,16H,6-10H2,1-5H3,(H,17,18). The quantitative estimate of drug-likeness (QED) is 0.806. The summed E-state index contributed by atoms with van der Waals surface area (Å²) in [6, 6.07) is 1.14. The van der Waals surface area contributed by atoms with Gasteiger partial charge < -0.3 is 15.4 Å². The Morgan fingerprint density at radius 1 is 1.21 bits per heavy atom. The van der Waals surface area contributed by atoms with Crippen LogP contribution in [0.3, 0.4) is 0 Å². The van der Waals surface area contributed by atoms with E-state index in [-0.39, 0.29) is 12.1 Å². The lowest BCUT2D eigenvalue weighted by atomic mass is 10.1. The molecule has 0 aliphatic heterocycles. The molecule has 4 nitrogen and oxygen atoms in total. The molecule has 19 heavy (non-hydrogen) atoms. The Bertz CT molecular complexity index is 282. The molecule has 0 aromatic carbocycles. The third-order valence-electron chi connectivity index (χ3n) is 3.65. The molecule has 1 saturated carbocycles. The minimum Gasteiger partial charge on any atom is -0.444 e. The molecule has 2 atom stereocenters. The Hall–Kier alpha value is -0.770. The Morgan fingerprint density at radius 2 is 1.79 bits per heavy atom. The lowest BCUT2D eigenvalue weighted by Crippen LogP contribution is -2.50. The van der Waals surface area contributed by atoms with E-state index in [1.807, 2.05) is 20.8 Å². The molecule has 0 radical (unpaired) electrons. The first kappa shape index (κ1) is 16.3. The van der Waals surface area contributed by atoms with Crippen molar-refractivity contribution in [2.75, 3.05) is 0 Å². The second-order valence-electron chi connectivity index (χ2n) is 6.47. The van der Waals surface area contributed by atoms with Gasteiger partial charge in [0.15, 0.2) is 0 Å². The zero-order chi connectivity index (χ0) is 14.5. The number of carbonyl (C=O) groups is 1. The molecule has 2 unspecified atom stereocenters. The van der Waals surface area contributed by atoms with Crippen molar-refractivity contribution in [3.05, 3.63) is 0 Å². The summed E-state index contributed by atoms with van der Waals surface area (Å²) in [5.41, 5.74) is -0.430. The topological polar surface area (TPSA) is 50.4 Å². The third kappa shape index (κ3) is 5.81. The van der Waals surface area contributed by atoms with Gasteiger partial charge in [-0.05, 0) is 52.9 Å². The van der Waals surface area contributed by atoms with Gasteiger partial charge in [-0.3, -0.25) is 0 Å². The van der Waals surface area contributed by atoms with E-state index in [2.05, 4.69) is 24.5 Å². The van der Waals surface area contributed by atoms with Gasteiger partial charge in [0.05, 0.1) is 0 Å². The Labute approximate surface area is 117 Å². The van der Waals surface area contributed by atoms with Crippen molar-refractivity contribution >= 4 is 6.09 Å². The fraction of sp³-hybridized carbons (Fsp3) is 0.933. The SMILES string of the molecule is CCC(CC)NC1CCCC1NC(=O)OC(C)(C)C. The van der Waals surface area contributed by atoms with Crippen molar-refractivity contribution in [1.29, 1.82) is 0 Å². The Morgan fingerprint density at radius 3 is 2.32 bits per heavy atom. The van der Waals surface area contributed by atoms with Crippen LogP contribution in [0.2, 0.25) is 0 Å². The van der Waals surface area contributed by atoms with E-state index < -0.39 is 5.60 Å². The molecule has 1 aliphatic rings. The van der Waals surface area contributed by atoms with Gasteiger partial charge in [0.2, 0.25) is 0 Å². The fourth-order valence-corrected chi connectivity index (χ4v) is 2.62. The highest BCUT2D eigenvalue weighted by Crippen LogP contribution is 2.21. The van der Waals surface area contributed by atoms with Gasteiger partial charge in [-0.2, -0.15) is 0 Å². The summed E-state index contributed by atoms with van der Waals surface area (Å²) in [7, 11) is 0. The average molecular weight is 270 g/mol. The van der Waals surface area contributed by atoms with E-state index in [4.69, 9.17) is 4.74 Å². The molecule has 0 heterocycles. The molecule has 1 amide bonds. The van der Waals surface area contributed by atoms with Crippen LogP contribution in [0.5, 0.6) is 0 Å². The van der Waals surface area contributed by atoms with Crippen LogP contribution in [0, 0.1) is 0 Å². The van der Waals surface area contributed by atoms with Crippen molar-refractivity contribution in [1.82, 2.24) is 10.6 Å². The molecule has 0 saturated heterocycles. The number of hydrogen-bond acceptors (Lipinski definition) is 3. The number of amides is 1. The van der Waals surface area contributed by atoms with Crippen LogP contribution in [-0.4, -0.2) is 29.8 Å². The van der Waals surface area contributed by atoms with Crippen molar-refractivity contribution in [3.8, 4) is 0 Å². The molecular formula is C15H30N2O2. The Balaban J connectivity index is 2.45. The van der Waals surface area contributed by atoms with Crippen LogP contribution in [0.1, 0.15) is 66.7 Å². The molecule has 1 fully saturated rings. The Kier molecular flexibility index (Phi) is 6.11. The summed E-state index contributed by atoms with van der Waals surface area (Å²) < 4.78 is 5.33. The van der Waals surface area contributed by atoms with Crippen molar-refractivity contribution < 1.29 is 9.53 Å². The average Bonchev–Trinajstić information content (AvgIpc) is 2.70. The van der Waals surface area contributed by atoms with E-state index in [9.17, 15) is 4.79 Å². The minimum atomic E-state index is -0.430. The van der Waals surface area contributed by atoms with Gasteiger partial charge in [-0.15, -0.1) is 0 Å². The molecule has 0 aromatic heterocycles. The van der Waals surface area contributed by atoms with Crippen molar-refractivity contribution in [2.45, 2.75) is 90.4 Å². The molecule has 4 heteroatoms. The first-order valence-corrected chi connectivity index (χ1v) is 7.61. The number of rotatable bonds is 5. The number of alkyl carbamates (subject to hydrolysis) is 1. The predicted molar refractivity (Wildman–Crippen MR) is 78.3 cm³/mol. The highest BCUT2D eigenvalue weighted by molar-refractivity contribution is 5.68. The maximum atomic E-state index is 11.8. The van der Waals surface area contributed by atoms with Gasteiger partial charge >= 0.3 is 6.09 Å². The molecule has 112 valence electrons. The first-order chi connectivity index (χ1) is 8.85. The normalized spacial score (nSPS) is 23.7. The summed E-state index contributed by atoms with van der Waals surface area (Å²) in [4.78, 5) is 11.8. The van der Waals surface area contributed by atoms with E-state index in [1.54, 1.807) is 0 Å². The second kappa shape index (κ2) is 7.13. The first-order valence-electron chi connectivity index (χ1n) is 7.61. The molecule has 2 N–H and O–H groups in total. The molecule has 0 spiro atoms. The number of hydrogen-bond donors (Lipinski definition) is 2. The van der Waals surface area contributed by atoms with Gasteiger partial charge in [0.25, 0.3) is 0 Å². The maximum Gasteiger partial charge on any atom is 0.407 e. The molecular weight excluding hydrogens is 240 g/mol. The van der Waals surface area contributed by atoms with Gasteiger partial charge in [-0.1, -0.05) is 13.8 Å². The monoisotopic (exact) mass is 270 g/mol. The summed E-state index contributed by atoms with van der Waals surface area (Å²) >= 11 is 0. The number of ether oxygens (including phenoxy) is 1. The summed E-state index contributed by atoms with van der Waals surface area (Å²) in [5, 5.41) is 6.68. The largest absolute Gasteiger partial charge is 0.444 e. The number of nitrogens with one attached hydrogen (secondary N) is 2. The van der Waals surface area contributed by atoms with Crippen LogP contribution in [0.4, 0.5) is 4.79 Å². The fourth-order valence-electron chi connectivity index (χ4n) is 2.62. The summed E-state index contributed by atoms with van der Waals surface area (Å²) in [6.45, 7) is 10.1. The highest BCUT2D eigenvalue weighted by atomic mass is 16.6. The predicted octanol–water partition coefficient (Wildman–Crippen LogP) is 3.21. The lowest BCUT2D eigenvalue weighted by molar-refractivity contribution is 0.0496. The van der Waals surface area contributed by atoms with Gasteiger partial charge in [0.1, 0.15) is 5.60 Å². The van der Waals surface area contributed by atoms with E-state index in [1.165, 1.54) is 0 Å². The van der Waals surface area contributed by atoms with Crippen LogP contribution in [0.25, 0.3) is 0 Å². The summed E-state index contributed by atoms with van der Waals surface area (Å²) in [6.07, 6.45) is 5.31. The summed E-state index contributed by atoms with van der Waals surface area (Å²) in [5.74, 6) is 0. The zero-order valence-corrected chi connectivity index (χ0v) is 13.1. The van der Waals surface area contributed by atoms with Crippen molar-refractivity contribution in [2.24, 2.45) is 0 Å². The van der Waals surface area contributed by atoms with Crippen LogP contribution >= 0.6 is 0 Å². The maximum absolute atomic E-state index is 11.8. The van der Waals surface area contributed by atoms with Gasteiger partial charge in [-0.25, -0.2) is 4.79 Å². The minimum absolute atomic E-state index is 0.204. The molecule has 0 bridgehead atoms. The smallest absolute Gasteiger partial charge is 0.407 e. The van der Waals surface area contributed by atoms with E-state index in [0.717, 1.165) is 32.1 Å². The molecule has 0 aromatic rings. The highest BCUT2D eigenvalue weighted by Gasteiger charge is 2.30. The third-order valence-corrected chi connectivity index (χ3v) is 3.65. The molecule has 1 aliphatic carbocycles. The number of carbonyl (C=O) groups excluding carboxylic acids is 1. The van der Waals surface area contributed by atoms with Gasteiger partial charge in [0, 0.05) is 18.1 Å². The van der Waals surface area contributed by atoms with Crippen LogP contribution in [-0.2, 0) is 4.74 Å². The second-order valence-corrected chi connectivity index (χ2v) is 6.47. The lowest BCUT2D eigenvalue weighted by Gasteiger charge is -2.28. The molecule has 1 rings (SSSR count). The van der Waals surface area contributed by atoms with E-state index in [0.29, 0.717) is 12.1 Å². The van der Waals surface area contributed by atoms with E-state index >= 15 is 0 Å². The van der Waals surface area contributed by atoms with Crippen LogP contribution < -0.4 is 10.6 Å².